The van der Waals surface area contributed by atoms with Gasteiger partial charge in [0.05, 0.1) is 5.56 Å². The minimum atomic E-state index is -0.633. The molecular weight excluding hydrogens is 363 g/mol. The molecule has 110 valence electrons. The van der Waals surface area contributed by atoms with Crippen molar-refractivity contribution >= 4 is 44.1 Å². The third-order valence-electron chi connectivity index (χ3n) is 2.44. The number of hydrogen-bond donors (Lipinski definition) is 2. The van der Waals surface area contributed by atoms with Gasteiger partial charge in [-0.15, -0.1) is 11.3 Å². The normalized spacial score (nSPS) is 10.2. The number of thiophene rings is 1. The summed E-state index contributed by atoms with van der Waals surface area (Å²) in [6.45, 7) is -0.380. The van der Waals surface area contributed by atoms with E-state index in [-0.39, 0.29) is 17.9 Å². The smallest absolute Gasteiger partial charge is 0.262 e. The van der Waals surface area contributed by atoms with Crippen LogP contribution < -0.4 is 15.8 Å². The van der Waals surface area contributed by atoms with Gasteiger partial charge in [0.2, 0.25) is 0 Å². The lowest BCUT2D eigenvalue weighted by Crippen LogP contribution is -2.22. The maximum absolute atomic E-state index is 13.5. The van der Waals surface area contributed by atoms with Gasteiger partial charge in [-0.2, -0.15) is 0 Å². The monoisotopic (exact) mass is 372 g/mol. The molecule has 1 heterocycles. The van der Waals surface area contributed by atoms with Gasteiger partial charge in [0.1, 0.15) is 5.00 Å². The molecule has 0 radical (unpaired) electrons. The van der Waals surface area contributed by atoms with Crippen LogP contribution in [0.25, 0.3) is 0 Å². The fourth-order valence-corrected chi connectivity index (χ4v) is 2.64. The molecule has 5 nitrogen and oxygen atoms in total. The summed E-state index contributed by atoms with van der Waals surface area (Å²) in [6.07, 6.45) is 0. The van der Waals surface area contributed by atoms with Crippen LogP contribution in [0.2, 0.25) is 0 Å². The Balaban J connectivity index is 1.96. The van der Waals surface area contributed by atoms with Crippen molar-refractivity contribution in [3.63, 3.8) is 0 Å². The Kier molecular flexibility index (Phi) is 4.92. The van der Waals surface area contributed by atoms with Crippen LogP contribution >= 0.6 is 27.3 Å². The third-order valence-corrected chi connectivity index (χ3v) is 3.76. The Hall–Kier alpha value is -1.93. The molecule has 0 bridgehead atoms. The number of halogens is 2. The Labute approximate surface area is 132 Å². The van der Waals surface area contributed by atoms with E-state index >= 15 is 0 Å². The van der Waals surface area contributed by atoms with E-state index < -0.39 is 17.6 Å². The average Bonchev–Trinajstić information content (AvgIpc) is 2.86. The molecule has 3 N–H and O–H groups in total. The number of nitrogens with one attached hydrogen (secondary N) is 1. The molecule has 0 unspecified atom stereocenters. The van der Waals surface area contributed by atoms with E-state index in [4.69, 9.17) is 10.5 Å². The van der Waals surface area contributed by atoms with E-state index in [0.717, 1.165) is 11.3 Å². The van der Waals surface area contributed by atoms with E-state index in [9.17, 15) is 14.0 Å². The first kappa shape index (κ1) is 15.5. The number of ether oxygens (including phenoxy) is 1. The van der Waals surface area contributed by atoms with Crippen molar-refractivity contribution < 1.29 is 18.7 Å². The zero-order valence-corrected chi connectivity index (χ0v) is 13.0. The van der Waals surface area contributed by atoms with Crippen molar-refractivity contribution in [1.29, 1.82) is 0 Å². The Morgan fingerprint density at radius 1 is 1.38 bits per heavy atom. The van der Waals surface area contributed by atoms with Crippen molar-refractivity contribution in [2.45, 2.75) is 0 Å². The molecule has 2 rings (SSSR count). The first-order chi connectivity index (χ1) is 9.97. The van der Waals surface area contributed by atoms with Gasteiger partial charge in [0, 0.05) is 4.47 Å². The molecule has 0 aliphatic carbocycles. The molecule has 0 aliphatic heterocycles. The molecule has 2 aromatic rings. The van der Waals surface area contributed by atoms with Crippen molar-refractivity contribution in [2.75, 3.05) is 11.9 Å². The largest absolute Gasteiger partial charge is 0.481 e. The molecule has 0 spiro atoms. The van der Waals surface area contributed by atoms with E-state index in [1.807, 2.05) is 0 Å². The lowest BCUT2D eigenvalue weighted by molar-refractivity contribution is -0.118. The van der Waals surface area contributed by atoms with Crippen LogP contribution in [0.3, 0.4) is 0 Å². The van der Waals surface area contributed by atoms with Crippen LogP contribution in [0.5, 0.6) is 5.75 Å². The SMILES string of the molecule is NC(=O)c1ccsc1NC(=O)COc1ccc(Br)cc1F. The molecule has 2 amide bonds. The van der Waals surface area contributed by atoms with Crippen LogP contribution in [0, 0.1) is 5.82 Å². The molecular formula is C13H10BrFN2O3S. The second-order valence-electron chi connectivity index (χ2n) is 3.94. The summed E-state index contributed by atoms with van der Waals surface area (Å²) in [5.41, 5.74) is 5.39. The molecule has 0 fully saturated rings. The van der Waals surface area contributed by atoms with Crippen LogP contribution in [0.15, 0.2) is 34.1 Å². The number of nitrogens with two attached hydrogens (primary N) is 1. The van der Waals surface area contributed by atoms with Gasteiger partial charge in [0.25, 0.3) is 11.8 Å². The van der Waals surface area contributed by atoms with Crippen LogP contribution in [0.1, 0.15) is 10.4 Å². The number of primary amides is 1. The highest BCUT2D eigenvalue weighted by Crippen LogP contribution is 2.23. The summed E-state index contributed by atoms with van der Waals surface area (Å²) in [4.78, 5) is 22.8. The highest BCUT2D eigenvalue weighted by molar-refractivity contribution is 9.10. The lowest BCUT2D eigenvalue weighted by Gasteiger charge is -2.08. The van der Waals surface area contributed by atoms with Gasteiger partial charge in [-0.1, -0.05) is 15.9 Å². The van der Waals surface area contributed by atoms with E-state index in [0.29, 0.717) is 9.47 Å². The second kappa shape index (κ2) is 6.68. The zero-order chi connectivity index (χ0) is 15.4. The molecule has 1 aromatic carbocycles. The third kappa shape index (κ3) is 4.02. The minimum absolute atomic E-state index is 0.0327. The van der Waals surface area contributed by atoms with Crippen LogP contribution in [-0.2, 0) is 4.79 Å². The molecule has 0 saturated heterocycles. The minimum Gasteiger partial charge on any atom is -0.481 e. The van der Waals surface area contributed by atoms with E-state index in [1.165, 1.54) is 18.2 Å². The Morgan fingerprint density at radius 3 is 2.81 bits per heavy atom. The molecule has 8 heteroatoms. The summed E-state index contributed by atoms with van der Waals surface area (Å²) in [7, 11) is 0. The number of carbonyl (C=O) groups is 2. The second-order valence-corrected chi connectivity index (χ2v) is 5.77. The summed E-state index contributed by atoms with van der Waals surface area (Å²) in [5.74, 6) is -1.76. The average molecular weight is 373 g/mol. The van der Waals surface area contributed by atoms with Crippen molar-refractivity contribution in [3.8, 4) is 5.75 Å². The fraction of sp³-hybridized carbons (Fsp3) is 0.0769. The summed E-state index contributed by atoms with van der Waals surface area (Å²) in [6, 6.07) is 5.75. The molecule has 0 saturated carbocycles. The van der Waals surface area contributed by atoms with Crippen molar-refractivity contribution in [1.82, 2.24) is 0 Å². The quantitative estimate of drug-likeness (QED) is 0.846. The maximum atomic E-state index is 13.5. The standard InChI is InChI=1S/C13H10BrFN2O3S/c14-7-1-2-10(9(15)5-7)20-6-11(18)17-13-8(12(16)19)3-4-21-13/h1-5H,6H2,(H2,16,19)(H,17,18). The summed E-state index contributed by atoms with van der Waals surface area (Å²) >= 11 is 4.28. The van der Waals surface area contributed by atoms with Crippen molar-refractivity contribution in [2.24, 2.45) is 5.73 Å². The van der Waals surface area contributed by atoms with Gasteiger partial charge in [0.15, 0.2) is 18.2 Å². The lowest BCUT2D eigenvalue weighted by atomic mass is 10.3. The zero-order valence-electron chi connectivity index (χ0n) is 10.6. The number of hydrogen-bond acceptors (Lipinski definition) is 4. The van der Waals surface area contributed by atoms with Gasteiger partial charge >= 0.3 is 0 Å². The Bertz CT molecular complexity index is 690. The summed E-state index contributed by atoms with van der Waals surface area (Å²) < 4.78 is 19.2. The first-order valence-electron chi connectivity index (χ1n) is 5.72. The highest BCUT2D eigenvalue weighted by atomic mass is 79.9. The topological polar surface area (TPSA) is 81.4 Å². The summed E-state index contributed by atoms with van der Waals surface area (Å²) in [5, 5.41) is 4.47. The van der Waals surface area contributed by atoms with E-state index in [2.05, 4.69) is 21.2 Å². The van der Waals surface area contributed by atoms with Gasteiger partial charge in [-0.25, -0.2) is 4.39 Å². The molecule has 0 atom stereocenters. The molecule has 1 aromatic heterocycles. The van der Waals surface area contributed by atoms with Crippen molar-refractivity contribution in [3.05, 3.63) is 45.5 Å². The van der Waals surface area contributed by atoms with Gasteiger partial charge < -0.3 is 15.8 Å². The fourth-order valence-electron chi connectivity index (χ4n) is 1.50. The maximum Gasteiger partial charge on any atom is 0.262 e. The van der Waals surface area contributed by atoms with Gasteiger partial charge in [-0.05, 0) is 29.6 Å². The van der Waals surface area contributed by atoms with Gasteiger partial charge in [-0.3, -0.25) is 9.59 Å². The predicted octanol–water partition coefficient (Wildman–Crippen LogP) is 2.77. The predicted molar refractivity (Wildman–Crippen MR) is 81.1 cm³/mol. The van der Waals surface area contributed by atoms with E-state index in [1.54, 1.807) is 11.4 Å². The van der Waals surface area contributed by atoms with Crippen LogP contribution in [-0.4, -0.2) is 18.4 Å². The first-order valence-corrected chi connectivity index (χ1v) is 7.39. The number of benzene rings is 1. The Morgan fingerprint density at radius 2 is 2.14 bits per heavy atom. The highest BCUT2D eigenvalue weighted by Gasteiger charge is 2.13. The number of carbonyl (C=O) groups excluding carboxylic acids is 2. The number of amides is 2. The van der Waals surface area contributed by atoms with Crippen LogP contribution in [0.4, 0.5) is 9.39 Å². The molecule has 21 heavy (non-hydrogen) atoms. The number of rotatable bonds is 5. The number of anilines is 1. The molecule has 0 aliphatic rings.